The molecule has 0 aliphatic heterocycles. The average molecular weight is 260 g/mol. The molecule has 0 saturated carbocycles. The van der Waals surface area contributed by atoms with E-state index in [1.165, 1.54) is 0 Å². The van der Waals surface area contributed by atoms with Gasteiger partial charge in [0, 0.05) is 23.9 Å². The summed E-state index contributed by atoms with van der Waals surface area (Å²) < 4.78 is 18.4. The molecule has 2 aromatic carbocycles. The molecule has 0 aliphatic rings. The molecular formula is C15H17O2P. The largest absolute Gasteiger partial charge is 0.384 e. The second-order valence-electron chi connectivity index (χ2n) is 4.13. The standard InChI is InChI=1S/C15H17O2P/c1-17-12-13-18(16,14-8-4-2-5-9-14)15-10-6-3-7-11-15/h2-11H,12-13H2,1H3. The van der Waals surface area contributed by atoms with Crippen molar-refractivity contribution in [3.63, 3.8) is 0 Å². The zero-order valence-electron chi connectivity index (χ0n) is 10.5. The molecule has 0 spiro atoms. The van der Waals surface area contributed by atoms with E-state index in [9.17, 15) is 4.57 Å². The summed E-state index contributed by atoms with van der Waals surface area (Å²) in [6, 6.07) is 19.3. The third kappa shape index (κ3) is 2.72. The van der Waals surface area contributed by atoms with Crippen molar-refractivity contribution in [2.45, 2.75) is 0 Å². The maximum Gasteiger partial charge on any atom is 0.145 e. The second kappa shape index (κ2) is 5.99. The van der Waals surface area contributed by atoms with Crippen LogP contribution in [0.1, 0.15) is 0 Å². The highest BCUT2D eigenvalue weighted by atomic mass is 31.2. The van der Waals surface area contributed by atoms with Crippen LogP contribution in [-0.4, -0.2) is 19.9 Å². The first-order valence-corrected chi connectivity index (χ1v) is 7.86. The van der Waals surface area contributed by atoms with Gasteiger partial charge in [-0.3, -0.25) is 0 Å². The summed E-state index contributed by atoms with van der Waals surface area (Å²) in [4.78, 5) is 0. The fourth-order valence-corrected chi connectivity index (χ4v) is 4.53. The van der Waals surface area contributed by atoms with E-state index in [1.807, 2.05) is 60.7 Å². The third-order valence-electron chi connectivity index (χ3n) is 2.96. The second-order valence-corrected chi connectivity index (χ2v) is 7.09. The summed E-state index contributed by atoms with van der Waals surface area (Å²) in [5.41, 5.74) is 0. The monoisotopic (exact) mass is 260 g/mol. The molecule has 0 bridgehead atoms. The first-order chi connectivity index (χ1) is 8.77. The van der Waals surface area contributed by atoms with Crippen molar-refractivity contribution in [2.24, 2.45) is 0 Å². The van der Waals surface area contributed by atoms with Gasteiger partial charge in [-0.2, -0.15) is 0 Å². The van der Waals surface area contributed by atoms with Crippen LogP contribution in [0.25, 0.3) is 0 Å². The lowest BCUT2D eigenvalue weighted by Crippen LogP contribution is -2.20. The first-order valence-electron chi connectivity index (χ1n) is 5.96. The highest BCUT2D eigenvalue weighted by Crippen LogP contribution is 2.42. The molecule has 0 saturated heterocycles. The molecule has 2 rings (SSSR count). The quantitative estimate of drug-likeness (QED) is 0.772. The minimum atomic E-state index is -2.57. The molecular weight excluding hydrogens is 243 g/mol. The van der Waals surface area contributed by atoms with Crippen LogP contribution in [0.5, 0.6) is 0 Å². The minimum Gasteiger partial charge on any atom is -0.384 e. The molecule has 0 unspecified atom stereocenters. The van der Waals surface area contributed by atoms with Crippen LogP contribution in [0.3, 0.4) is 0 Å². The van der Waals surface area contributed by atoms with Crippen LogP contribution in [0.15, 0.2) is 60.7 Å². The van der Waals surface area contributed by atoms with Crippen LogP contribution >= 0.6 is 7.14 Å². The number of benzene rings is 2. The van der Waals surface area contributed by atoms with Gasteiger partial charge < -0.3 is 9.30 Å². The van der Waals surface area contributed by atoms with Crippen molar-refractivity contribution < 1.29 is 9.30 Å². The van der Waals surface area contributed by atoms with E-state index < -0.39 is 7.14 Å². The van der Waals surface area contributed by atoms with Crippen molar-refractivity contribution in [1.82, 2.24) is 0 Å². The van der Waals surface area contributed by atoms with Crippen molar-refractivity contribution in [3.8, 4) is 0 Å². The molecule has 2 nitrogen and oxygen atoms in total. The Labute approximate surface area is 108 Å². The fraction of sp³-hybridized carbons (Fsp3) is 0.200. The van der Waals surface area contributed by atoms with Crippen molar-refractivity contribution in [3.05, 3.63) is 60.7 Å². The summed E-state index contributed by atoms with van der Waals surface area (Å²) >= 11 is 0. The maximum absolute atomic E-state index is 13.3. The summed E-state index contributed by atoms with van der Waals surface area (Å²) in [6.07, 6.45) is 0.539. The van der Waals surface area contributed by atoms with Crippen LogP contribution in [0.4, 0.5) is 0 Å². The number of hydrogen-bond donors (Lipinski definition) is 0. The third-order valence-corrected chi connectivity index (χ3v) is 6.03. The highest BCUT2D eigenvalue weighted by molar-refractivity contribution is 7.78. The zero-order valence-corrected chi connectivity index (χ0v) is 11.3. The van der Waals surface area contributed by atoms with Gasteiger partial charge >= 0.3 is 0 Å². The molecule has 2 aromatic rings. The molecule has 0 atom stereocenters. The summed E-state index contributed by atoms with van der Waals surface area (Å²) in [5.74, 6) is 0. The Kier molecular flexibility index (Phi) is 4.35. The smallest absolute Gasteiger partial charge is 0.145 e. The molecule has 0 fully saturated rings. The first kappa shape index (κ1) is 13.1. The van der Waals surface area contributed by atoms with E-state index in [0.717, 1.165) is 10.6 Å². The van der Waals surface area contributed by atoms with Gasteiger partial charge in [-0.15, -0.1) is 0 Å². The summed E-state index contributed by atoms with van der Waals surface area (Å²) in [6.45, 7) is 0.501. The molecule has 94 valence electrons. The van der Waals surface area contributed by atoms with E-state index >= 15 is 0 Å². The van der Waals surface area contributed by atoms with Crippen molar-refractivity contribution in [1.29, 1.82) is 0 Å². The van der Waals surface area contributed by atoms with E-state index in [1.54, 1.807) is 7.11 Å². The predicted molar refractivity (Wildman–Crippen MR) is 76.5 cm³/mol. The van der Waals surface area contributed by atoms with Gasteiger partial charge in [-0.1, -0.05) is 60.7 Å². The lowest BCUT2D eigenvalue weighted by Gasteiger charge is -2.18. The minimum absolute atomic E-state index is 0.501. The summed E-state index contributed by atoms with van der Waals surface area (Å²) in [7, 11) is -0.926. The van der Waals surface area contributed by atoms with Gasteiger partial charge in [-0.05, 0) is 0 Å². The van der Waals surface area contributed by atoms with Crippen molar-refractivity contribution in [2.75, 3.05) is 19.9 Å². The molecule has 0 N–H and O–H groups in total. The number of hydrogen-bond acceptors (Lipinski definition) is 2. The van der Waals surface area contributed by atoms with E-state index in [2.05, 4.69) is 0 Å². The normalized spacial score (nSPS) is 11.4. The Morgan fingerprint density at radius 2 is 1.33 bits per heavy atom. The van der Waals surface area contributed by atoms with Crippen LogP contribution in [0, 0.1) is 0 Å². The average Bonchev–Trinajstić information content (AvgIpc) is 2.46. The number of rotatable bonds is 5. The van der Waals surface area contributed by atoms with Crippen LogP contribution < -0.4 is 10.6 Å². The van der Waals surface area contributed by atoms with Gasteiger partial charge in [0.2, 0.25) is 0 Å². The molecule has 0 radical (unpaired) electrons. The van der Waals surface area contributed by atoms with Crippen LogP contribution in [-0.2, 0) is 9.30 Å². The van der Waals surface area contributed by atoms with E-state index in [-0.39, 0.29) is 0 Å². The van der Waals surface area contributed by atoms with Gasteiger partial charge in [0.25, 0.3) is 0 Å². The maximum atomic E-state index is 13.3. The Morgan fingerprint density at radius 1 is 0.889 bits per heavy atom. The van der Waals surface area contributed by atoms with Crippen molar-refractivity contribution >= 4 is 17.8 Å². The SMILES string of the molecule is COCCP(=O)(c1ccccc1)c1ccccc1. The molecule has 0 aliphatic carbocycles. The fourth-order valence-electron chi connectivity index (χ4n) is 1.96. The van der Waals surface area contributed by atoms with Gasteiger partial charge in [0.1, 0.15) is 7.14 Å². The summed E-state index contributed by atoms with van der Waals surface area (Å²) in [5, 5.41) is 1.79. The molecule has 0 amide bonds. The molecule has 18 heavy (non-hydrogen) atoms. The predicted octanol–water partition coefficient (Wildman–Crippen LogP) is 2.65. The zero-order chi connectivity index (χ0) is 12.8. The van der Waals surface area contributed by atoms with Gasteiger partial charge in [0.05, 0.1) is 6.61 Å². The molecule has 0 heterocycles. The molecule has 3 heteroatoms. The Balaban J connectivity index is 2.45. The highest BCUT2D eigenvalue weighted by Gasteiger charge is 2.26. The molecule has 0 aromatic heterocycles. The Bertz CT molecular complexity index is 479. The van der Waals surface area contributed by atoms with E-state index in [4.69, 9.17) is 4.74 Å². The van der Waals surface area contributed by atoms with Crippen LogP contribution in [0.2, 0.25) is 0 Å². The lowest BCUT2D eigenvalue weighted by atomic mass is 10.4. The van der Waals surface area contributed by atoms with E-state index in [0.29, 0.717) is 12.8 Å². The van der Waals surface area contributed by atoms with Gasteiger partial charge in [0.15, 0.2) is 0 Å². The lowest BCUT2D eigenvalue weighted by molar-refractivity contribution is 0.217. The topological polar surface area (TPSA) is 26.3 Å². The number of methoxy groups -OCH3 is 1. The Hall–Kier alpha value is -1.37. The number of ether oxygens (including phenoxy) is 1. The van der Waals surface area contributed by atoms with Gasteiger partial charge in [-0.25, -0.2) is 0 Å². The Morgan fingerprint density at radius 3 is 1.72 bits per heavy atom.